The maximum absolute atomic E-state index is 12.4. The maximum atomic E-state index is 12.4. The minimum Gasteiger partial charge on any atom is -0.497 e. The van der Waals surface area contributed by atoms with Crippen LogP contribution in [0.25, 0.3) is 0 Å². The number of nitrogens with one attached hydrogen (secondary N) is 1. The van der Waals surface area contributed by atoms with Crippen molar-refractivity contribution in [1.82, 2.24) is 0 Å². The zero-order valence-corrected chi connectivity index (χ0v) is 22.0. The molecule has 3 rings (SSSR count). The van der Waals surface area contributed by atoms with E-state index in [-0.39, 0.29) is 30.0 Å². The topological polar surface area (TPSA) is 125 Å². The third-order valence-corrected chi connectivity index (χ3v) is 5.77. The Bertz CT molecular complexity index is 1340. The fourth-order valence-electron chi connectivity index (χ4n) is 3.36. The lowest BCUT2D eigenvalue weighted by Gasteiger charge is -2.12. The van der Waals surface area contributed by atoms with Crippen LogP contribution >= 0.6 is 11.6 Å². The lowest BCUT2D eigenvalue weighted by Crippen LogP contribution is -2.25. The van der Waals surface area contributed by atoms with Gasteiger partial charge < -0.3 is 19.5 Å². The van der Waals surface area contributed by atoms with Crippen molar-refractivity contribution in [2.45, 2.75) is 25.9 Å². The molecule has 202 valence electrons. The molecule has 1 amide bonds. The molecule has 0 fully saturated rings. The van der Waals surface area contributed by atoms with E-state index in [1.807, 2.05) is 0 Å². The summed E-state index contributed by atoms with van der Waals surface area (Å²) < 4.78 is 15.3. The van der Waals surface area contributed by atoms with Gasteiger partial charge >= 0.3 is 11.9 Å². The molecular weight excluding hydrogens is 526 g/mol. The Kier molecular flexibility index (Phi) is 10.3. The average Bonchev–Trinajstić information content (AvgIpc) is 2.95. The minimum atomic E-state index is -1.01. The quantitative estimate of drug-likeness (QED) is 0.248. The summed E-state index contributed by atoms with van der Waals surface area (Å²) in [7, 11) is 1.52. The number of rotatable bonds is 12. The molecular formula is C29H26ClNO8. The van der Waals surface area contributed by atoms with Gasteiger partial charge in [0.1, 0.15) is 5.75 Å². The van der Waals surface area contributed by atoms with Crippen LogP contribution in [0.3, 0.4) is 0 Å². The molecule has 0 heterocycles. The van der Waals surface area contributed by atoms with Gasteiger partial charge in [-0.05, 0) is 79.7 Å². The van der Waals surface area contributed by atoms with E-state index in [0.717, 1.165) is 0 Å². The van der Waals surface area contributed by atoms with E-state index in [2.05, 4.69) is 5.32 Å². The summed E-state index contributed by atoms with van der Waals surface area (Å²) in [4.78, 5) is 61.2. The highest BCUT2D eigenvalue weighted by Gasteiger charge is 2.20. The standard InChI is InChI=1S/C29H26ClNO8/c1-18(28(35)20-3-9-22(30)10-4-20)39-27(34)16-15-26(33)31-23-11-5-21(6-12-23)29(36)38-17-25(32)19-7-13-24(37-2)14-8-19/h3-14,18H,15-17H2,1-2H3,(H,31,33)/t18-/m1/s1. The molecule has 3 aromatic rings. The first-order valence-corrected chi connectivity index (χ1v) is 12.3. The summed E-state index contributed by atoms with van der Waals surface area (Å²) in [5.41, 5.74) is 1.32. The van der Waals surface area contributed by atoms with Gasteiger partial charge in [-0.25, -0.2) is 4.79 Å². The molecule has 0 bridgehead atoms. The number of Topliss-reactive ketones (excluding diaryl/α,β-unsaturated/α-hetero) is 2. The Hall–Kier alpha value is -4.50. The second kappa shape index (κ2) is 13.9. The molecule has 0 aliphatic heterocycles. The van der Waals surface area contributed by atoms with E-state index in [1.54, 1.807) is 36.4 Å². The number of amides is 1. The molecule has 0 saturated carbocycles. The summed E-state index contributed by atoms with van der Waals surface area (Å²) >= 11 is 5.81. The molecule has 39 heavy (non-hydrogen) atoms. The first-order chi connectivity index (χ1) is 18.7. The Labute approximate surface area is 230 Å². The van der Waals surface area contributed by atoms with Crippen LogP contribution in [-0.4, -0.2) is 49.2 Å². The molecule has 0 aromatic heterocycles. The smallest absolute Gasteiger partial charge is 0.338 e. The molecule has 0 unspecified atom stereocenters. The van der Waals surface area contributed by atoms with Gasteiger partial charge in [0, 0.05) is 28.3 Å². The van der Waals surface area contributed by atoms with E-state index in [1.165, 1.54) is 50.4 Å². The van der Waals surface area contributed by atoms with Gasteiger partial charge in [0.25, 0.3) is 0 Å². The summed E-state index contributed by atoms with van der Waals surface area (Å²) in [5, 5.41) is 3.09. The van der Waals surface area contributed by atoms with Crippen molar-refractivity contribution in [3.8, 4) is 5.75 Å². The zero-order valence-electron chi connectivity index (χ0n) is 21.3. The summed E-state index contributed by atoms with van der Waals surface area (Å²) in [6.07, 6.45) is -1.41. The number of carbonyl (C=O) groups excluding carboxylic acids is 5. The first kappa shape index (κ1) is 29.1. The molecule has 1 atom stereocenters. The minimum absolute atomic E-state index is 0.169. The highest BCUT2D eigenvalue weighted by molar-refractivity contribution is 6.30. The molecule has 0 saturated heterocycles. The van der Waals surface area contributed by atoms with E-state index in [9.17, 15) is 24.0 Å². The molecule has 1 N–H and O–H groups in total. The molecule has 10 heteroatoms. The van der Waals surface area contributed by atoms with Crippen molar-refractivity contribution in [2.75, 3.05) is 19.0 Å². The van der Waals surface area contributed by atoms with E-state index in [4.69, 9.17) is 25.8 Å². The van der Waals surface area contributed by atoms with Gasteiger partial charge in [0.15, 0.2) is 18.5 Å². The van der Waals surface area contributed by atoms with Gasteiger partial charge in [0.05, 0.1) is 19.1 Å². The van der Waals surface area contributed by atoms with Crippen molar-refractivity contribution in [3.05, 3.63) is 94.5 Å². The van der Waals surface area contributed by atoms with Crippen molar-refractivity contribution >= 4 is 46.7 Å². The third-order valence-electron chi connectivity index (χ3n) is 5.51. The lowest BCUT2D eigenvalue weighted by atomic mass is 10.1. The number of halogens is 1. The fourth-order valence-corrected chi connectivity index (χ4v) is 3.49. The number of esters is 2. The molecule has 0 aliphatic rings. The Morgan fingerprint density at radius 3 is 2.00 bits per heavy atom. The number of anilines is 1. The molecule has 3 aromatic carbocycles. The van der Waals surface area contributed by atoms with Crippen LogP contribution in [0, 0.1) is 0 Å². The average molecular weight is 552 g/mol. The highest BCUT2D eigenvalue weighted by atomic mass is 35.5. The Morgan fingerprint density at radius 1 is 0.795 bits per heavy atom. The monoisotopic (exact) mass is 551 g/mol. The van der Waals surface area contributed by atoms with Crippen LogP contribution < -0.4 is 10.1 Å². The lowest BCUT2D eigenvalue weighted by molar-refractivity contribution is -0.147. The van der Waals surface area contributed by atoms with Crippen LogP contribution in [0.15, 0.2) is 72.8 Å². The summed E-state index contributed by atoms with van der Waals surface area (Å²) in [5.74, 6) is -1.98. The normalized spacial score (nSPS) is 11.2. The molecule has 9 nitrogen and oxygen atoms in total. The van der Waals surface area contributed by atoms with Crippen molar-refractivity contribution in [2.24, 2.45) is 0 Å². The van der Waals surface area contributed by atoms with Gasteiger partial charge in [-0.3, -0.25) is 19.2 Å². The van der Waals surface area contributed by atoms with Crippen molar-refractivity contribution in [3.63, 3.8) is 0 Å². The van der Waals surface area contributed by atoms with E-state index >= 15 is 0 Å². The number of benzene rings is 3. The van der Waals surface area contributed by atoms with Gasteiger partial charge in [0.2, 0.25) is 11.7 Å². The highest BCUT2D eigenvalue weighted by Crippen LogP contribution is 2.15. The molecule has 0 spiro atoms. The van der Waals surface area contributed by atoms with E-state index in [0.29, 0.717) is 27.6 Å². The maximum Gasteiger partial charge on any atom is 0.338 e. The number of ketones is 2. The SMILES string of the molecule is COc1ccc(C(=O)COC(=O)c2ccc(NC(=O)CCC(=O)O[C@H](C)C(=O)c3ccc(Cl)cc3)cc2)cc1. The van der Waals surface area contributed by atoms with Crippen LogP contribution in [0.5, 0.6) is 5.75 Å². The Morgan fingerprint density at radius 2 is 1.38 bits per heavy atom. The fraction of sp³-hybridized carbons (Fsp3) is 0.207. The van der Waals surface area contributed by atoms with Gasteiger partial charge in [-0.15, -0.1) is 0 Å². The Balaban J connectivity index is 1.41. The number of hydrogen-bond donors (Lipinski definition) is 1. The van der Waals surface area contributed by atoms with Crippen LogP contribution in [-0.2, 0) is 19.1 Å². The van der Waals surface area contributed by atoms with Crippen LogP contribution in [0.2, 0.25) is 5.02 Å². The molecule has 0 aliphatic carbocycles. The third kappa shape index (κ3) is 8.79. The number of ether oxygens (including phenoxy) is 3. The van der Waals surface area contributed by atoms with Crippen LogP contribution in [0.1, 0.15) is 50.8 Å². The second-order valence-electron chi connectivity index (χ2n) is 8.36. The summed E-state index contributed by atoms with van der Waals surface area (Å²) in [6, 6.07) is 18.5. The number of hydrogen-bond acceptors (Lipinski definition) is 8. The van der Waals surface area contributed by atoms with Crippen LogP contribution in [0.4, 0.5) is 5.69 Å². The predicted octanol–water partition coefficient (Wildman–Crippen LogP) is 4.92. The van der Waals surface area contributed by atoms with Crippen molar-refractivity contribution < 1.29 is 38.2 Å². The van der Waals surface area contributed by atoms with Crippen molar-refractivity contribution in [1.29, 1.82) is 0 Å². The van der Waals surface area contributed by atoms with Gasteiger partial charge in [-0.1, -0.05) is 11.6 Å². The second-order valence-corrected chi connectivity index (χ2v) is 8.79. The predicted molar refractivity (Wildman–Crippen MR) is 143 cm³/mol. The van der Waals surface area contributed by atoms with Gasteiger partial charge in [-0.2, -0.15) is 0 Å². The first-order valence-electron chi connectivity index (χ1n) is 11.9. The summed E-state index contributed by atoms with van der Waals surface area (Å²) in [6.45, 7) is 1.03. The number of carbonyl (C=O) groups is 5. The zero-order chi connectivity index (χ0) is 28.4. The largest absolute Gasteiger partial charge is 0.497 e. The molecule has 0 radical (unpaired) electrons. The van der Waals surface area contributed by atoms with E-state index < -0.39 is 30.6 Å². The number of methoxy groups -OCH3 is 1.